The van der Waals surface area contributed by atoms with E-state index in [2.05, 4.69) is 31.8 Å². The highest BCUT2D eigenvalue weighted by molar-refractivity contribution is 5.90. The maximum Gasteiger partial charge on any atom is 0.433 e. The van der Waals surface area contributed by atoms with E-state index in [4.69, 9.17) is 0 Å². The minimum atomic E-state index is -4.55. The van der Waals surface area contributed by atoms with Gasteiger partial charge in [-0.15, -0.1) is 0 Å². The zero-order valence-corrected chi connectivity index (χ0v) is 16.8. The van der Waals surface area contributed by atoms with E-state index in [1.54, 1.807) is 6.07 Å². The molecular formula is C21H18F3N7O. The molecule has 11 heteroatoms. The molecule has 0 radical (unpaired) electrons. The SMILES string of the molecule is C=CC(=O)N1CCC12CN(c1ccc3ncnc(Nc4ccnc(C(F)(F)F)c4)c3n1)C2. The molecule has 5 rings (SSSR count). The van der Waals surface area contributed by atoms with E-state index in [1.807, 2.05) is 15.9 Å². The average molecular weight is 441 g/mol. The van der Waals surface area contributed by atoms with Gasteiger partial charge in [0.15, 0.2) is 5.82 Å². The lowest BCUT2D eigenvalue weighted by Crippen LogP contribution is -2.78. The Morgan fingerprint density at radius 1 is 1.19 bits per heavy atom. The van der Waals surface area contributed by atoms with Gasteiger partial charge in [0, 0.05) is 31.5 Å². The van der Waals surface area contributed by atoms with Crippen LogP contribution in [0.4, 0.5) is 30.5 Å². The van der Waals surface area contributed by atoms with Crippen LogP contribution < -0.4 is 10.2 Å². The second-order valence-corrected chi connectivity index (χ2v) is 7.84. The number of halogens is 3. The Kier molecular flexibility index (Phi) is 4.50. The third-order valence-electron chi connectivity index (χ3n) is 5.89. The Labute approximate surface area is 180 Å². The van der Waals surface area contributed by atoms with Gasteiger partial charge < -0.3 is 15.1 Å². The van der Waals surface area contributed by atoms with Gasteiger partial charge in [-0.3, -0.25) is 9.78 Å². The predicted octanol–water partition coefficient (Wildman–Crippen LogP) is 3.16. The number of fused-ring (bicyclic) bond motifs is 1. The summed E-state index contributed by atoms with van der Waals surface area (Å²) in [7, 11) is 0. The molecule has 0 bridgehead atoms. The summed E-state index contributed by atoms with van der Waals surface area (Å²) in [4.78, 5) is 32.3. The molecule has 2 aliphatic rings. The summed E-state index contributed by atoms with van der Waals surface area (Å²) < 4.78 is 38.9. The Morgan fingerprint density at radius 2 is 2.00 bits per heavy atom. The van der Waals surface area contributed by atoms with Crippen LogP contribution in [0.1, 0.15) is 12.1 Å². The number of aromatic nitrogens is 4. The molecule has 1 spiro atoms. The van der Waals surface area contributed by atoms with Crippen LogP contribution in [0, 0.1) is 0 Å². The van der Waals surface area contributed by atoms with Crippen molar-refractivity contribution in [1.29, 1.82) is 0 Å². The highest BCUT2D eigenvalue weighted by atomic mass is 19.4. The van der Waals surface area contributed by atoms with E-state index < -0.39 is 11.9 Å². The number of nitrogens with zero attached hydrogens (tertiary/aromatic N) is 6. The smallest absolute Gasteiger partial charge is 0.352 e. The molecule has 0 atom stereocenters. The number of hydrogen-bond donors (Lipinski definition) is 1. The van der Waals surface area contributed by atoms with Gasteiger partial charge in [0.25, 0.3) is 0 Å². The van der Waals surface area contributed by atoms with E-state index in [1.165, 1.54) is 18.5 Å². The third kappa shape index (κ3) is 3.29. The number of amides is 1. The second-order valence-electron chi connectivity index (χ2n) is 7.84. The number of alkyl halides is 3. The lowest BCUT2D eigenvalue weighted by molar-refractivity contribution is -0.144. The van der Waals surface area contributed by atoms with Crippen molar-refractivity contribution in [2.45, 2.75) is 18.1 Å². The lowest BCUT2D eigenvalue weighted by Gasteiger charge is -2.62. The van der Waals surface area contributed by atoms with Crippen molar-refractivity contribution in [1.82, 2.24) is 24.8 Å². The molecule has 8 nitrogen and oxygen atoms in total. The van der Waals surface area contributed by atoms with Gasteiger partial charge in [-0.25, -0.2) is 15.0 Å². The van der Waals surface area contributed by atoms with Gasteiger partial charge in [0.2, 0.25) is 5.91 Å². The van der Waals surface area contributed by atoms with E-state index in [9.17, 15) is 18.0 Å². The molecule has 5 heterocycles. The van der Waals surface area contributed by atoms with E-state index >= 15 is 0 Å². The minimum Gasteiger partial charge on any atom is -0.352 e. The van der Waals surface area contributed by atoms with Crippen LogP contribution in [0.3, 0.4) is 0 Å². The summed E-state index contributed by atoms with van der Waals surface area (Å²) in [5.74, 6) is 0.904. The fraction of sp³-hybridized carbons (Fsp3) is 0.286. The standard InChI is InChI=1S/C21H18F3N7O/c1-2-17(32)31-8-6-20(31)10-30(11-20)16-4-3-14-18(29-16)19(27-12-26-14)28-13-5-7-25-15(9-13)21(22,23)24/h2-5,7,9,12H,1,6,8,10-11H2,(H,25,26,27,28). The topological polar surface area (TPSA) is 87.1 Å². The van der Waals surface area contributed by atoms with Gasteiger partial charge in [0.1, 0.15) is 23.4 Å². The Hall–Kier alpha value is -3.76. The molecule has 3 aromatic rings. The van der Waals surface area contributed by atoms with Gasteiger partial charge in [0.05, 0.1) is 11.1 Å². The first-order valence-corrected chi connectivity index (χ1v) is 9.90. The summed E-state index contributed by atoms with van der Waals surface area (Å²) in [6, 6.07) is 5.96. The van der Waals surface area contributed by atoms with Crippen molar-refractivity contribution in [3.8, 4) is 0 Å². The van der Waals surface area contributed by atoms with Crippen LogP contribution in [-0.4, -0.2) is 55.9 Å². The Balaban J connectivity index is 1.40. The van der Waals surface area contributed by atoms with Crippen molar-refractivity contribution in [2.24, 2.45) is 0 Å². The van der Waals surface area contributed by atoms with Gasteiger partial charge in [-0.1, -0.05) is 6.58 Å². The number of hydrogen-bond acceptors (Lipinski definition) is 7. The van der Waals surface area contributed by atoms with E-state index in [-0.39, 0.29) is 17.1 Å². The lowest BCUT2D eigenvalue weighted by atomic mass is 9.77. The number of likely N-dealkylation sites (tertiary alicyclic amines) is 1. The molecular weight excluding hydrogens is 423 g/mol. The zero-order chi connectivity index (χ0) is 22.5. The summed E-state index contributed by atoms with van der Waals surface area (Å²) in [6.45, 7) is 5.58. The highest BCUT2D eigenvalue weighted by Gasteiger charge is 2.55. The first-order valence-electron chi connectivity index (χ1n) is 9.90. The normalized spacial score (nSPS) is 17.1. The second kappa shape index (κ2) is 7.14. The first kappa shape index (κ1) is 20.2. The predicted molar refractivity (Wildman–Crippen MR) is 111 cm³/mol. The molecule has 1 amide bonds. The van der Waals surface area contributed by atoms with Gasteiger partial charge in [-0.2, -0.15) is 13.2 Å². The van der Waals surface area contributed by atoms with Crippen LogP contribution in [0.2, 0.25) is 0 Å². The molecule has 164 valence electrons. The number of rotatable bonds is 4. The summed E-state index contributed by atoms with van der Waals surface area (Å²) in [5, 5.41) is 2.89. The average Bonchev–Trinajstić information content (AvgIpc) is 2.72. The molecule has 32 heavy (non-hydrogen) atoms. The van der Waals surface area contributed by atoms with Crippen LogP contribution in [0.25, 0.3) is 11.0 Å². The number of carbonyl (C=O) groups excluding carboxylic acids is 1. The van der Waals surface area contributed by atoms with Gasteiger partial charge >= 0.3 is 6.18 Å². The summed E-state index contributed by atoms with van der Waals surface area (Å²) >= 11 is 0. The molecule has 3 aromatic heterocycles. The molecule has 0 aromatic carbocycles. The summed E-state index contributed by atoms with van der Waals surface area (Å²) in [5.41, 5.74) is -0.000984. The van der Waals surface area contributed by atoms with Crippen LogP contribution in [0.15, 0.2) is 49.4 Å². The van der Waals surface area contributed by atoms with Crippen molar-refractivity contribution >= 4 is 34.3 Å². The maximum atomic E-state index is 13.0. The number of anilines is 3. The number of carbonyl (C=O) groups is 1. The minimum absolute atomic E-state index is 0.0715. The summed E-state index contributed by atoms with van der Waals surface area (Å²) in [6.07, 6.45) is 0.116. The first-order chi connectivity index (χ1) is 15.3. The maximum absolute atomic E-state index is 13.0. The molecule has 0 unspecified atom stereocenters. The number of pyridine rings is 2. The highest BCUT2D eigenvalue weighted by Crippen LogP contribution is 2.41. The van der Waals surface area contributed by atoms with E-state index in [0.717, 1.165) is 25.2 Å². The van der Waals surface area contributed by atoms with Crippen LogP contribution in [-0.2, 0) is 11.0 Å². The van der Waals surface area contributed by atoms with Crippen molar-refractivity contribution in [3.63, 3.8) is 0 Å². The molecule has 1 N–H and O–H groups in total. The molecule has 2 aliphatic heterocycles. The Morgan fingerprint density at radius 3 is 2.69 bits per heavy atom. The van der Waals surface area contributed by atoms with E-state index in [0.29, 0.717) is 35.8 Å². The van der Waals surface area contributed by atoms with Gasteiger partial charge in [-0.05, 0) is 36.8 Å². The molecule has 0 aliphatic carbocycles. The van der Waals surface area contributed by atoms with Crippen LogP contribution >= 0.6 is 0 Å². The quantitative estimate of drug-likeness (QED) is 0.623. The zero-order valence-electron chi connectivity index (χ0n) is 16.8. The third-order valence-corrected chi connectivity index (χ3v) is 5.89. The monoisotopic (exact) mass is 441 g/mol. The molecule has 0 saturated carbocycles. The van der Waals surface area contributed by atoms with Crippen LogP contribution in [0.5, 0.6) is 0 Å². The fourth-order valence-corrected chi connectivity index (χ4v) is 4.15. The van der Waals surface area contributed by atoms with Crippen molar-refractivity contribution in [3.05, 3.63) is 55.1 Å². The van der Waals surface area contributed by atoms with Crippen molar-refractivity contribution < 1.29 is 18.0 Å². The van der Waals surface area contributed by atoms with Crippen molar-refractivity contribution in [2.75, 3.05) is 29.9 Å². The molecule has 2 fully saturated rings. The fourth-order valence-electron chi connectivity index (χ4n) is 4.15. The molecule has 2 saturated heterocycles. The Bertz CT molecular complexity index is 1220. The largest absolute Gasteiger partial charge is 0.433 e. The number of nitrogens with one attached hydrogen (secondary N) is 1.